The number of hydrogen-bond acceptors (Lipinski definition) is 9. The van der Waals surface area contributed by atoms with E-state index in [-0.39, 0.29) is 23.6 Å². The second-order valence-electron chi connectivity index (χ2n) is 7.68. The molecule has 0 saturated heterocycles. The van der Waals surface area contributed by atoms with E-state index in [0.29, 0.717) is 26.9 Å². The zero-order valence-corrected chi connectivity index (χ0v) is 22.2. The zero-order valence-electron chi connectivity index (χ0n) is 19.8. The molecular weight excluding hydrogens is 528 g/mol. The lowest BCUT2D eigenvalue weighted by atomic mass is 10.0. The maximum atomic E-state index is 12.0. The summed E-state index contributed by atoms with van der Waals surface area (Å²) in [5, 5.41) is 14.0. The molecule has 0 saturated carbocycles. The first-order valence-electron chi connectivity index (χ1n) is 10.8. The molecule has 0 amide bonds. The Hall–Kier alpha value is -3.96. The first-order valence-corrected chi connectivity index (χ1v) is 13.1. The molecule has 0 bridgehead atoms. The van der Waals surface area contributed by atoms with Crippen LogP contribution in [0.2, 0.25) is 5.02 Å². The molecule has 4 aromatic rings. The van der Waals surface area contributed by atoms with Gasteiger partial charge in [0.1, 0.15) is 28.5 Å². The fraction of sp³-hybridized carbons (Fsp3) is 0.154. The molecule has 3 aromatic heterocycles. The van der Waals surface area contributed by atoms with E-state index in [2.05, 4.69) is 20.9 Å². The number of anilines is 1. The number of benzene rings is 1. The molecule has 0 aliphatic heterocycles. The number of ether oxygens (including phenoxy) is 1. The highest BCUT2D eigenvalue weighted by atomic mass is 35.5. The molecule has 0 fully saturated rings. The van der Waals surface area contributed by atoms with Gasteiger partial charge in [-0.25, -0.2) is 14.8 Å². The molecule has 4 rings (SSSR count). The van der Waals surface area contributed by atoms with Crippen LogP contribution in [0.3, 0.4) is 0 Å². The van der Waals surface area contributed by atoms with Gasteiger partial charge in [-0.3, -0.25) is 9.78 Å². The Morgan fingerprint density at radius 2 is 2.05 bits per heavy atom. The summed E-state index contributed by atoms with van der Waals surface area (Å²) in [4.78, 5) is 30.7. The van der Waals surface area contributed by atoms with E-state index in [1.807, 2.05) is 29.6 Å². The molecule has 37 heavy (non-hydrogen) atoms. The monoisotopic (exact) mass is 546 g/mol. The Kier molecular flexibility index (Phi) is 8.36. The number of nitriles is 1. The number of likely N-dealkylation sites (N-methyl/N-ethyl adjacent to an activating group) is 1. The van der Waals surface area contributed by atoms with E-state index >= 15 is 0 Å². The number of carbonyl (C=O) groups excluding carboxylic acids is 1. The number of pyridine rings is 2. The first kappa shape index (κ1) is 26.1. The number of methoxy groups -OCH3 is 1. The summed E-state index contributed by atoms with van der Waals surface area (Å²) in [6.07, 6.45) is 3.22. The van der Waals surface area contributed by atoms with Gasteiger partial charge in [-0.15, -0.1) is 11.3 Å². The Balaban J connectivity index is 1.74. The molecule has 184 valence electrons. The van der Waals surface area contributed by atoms with E-state index in [9.17, 15) is 10.1 Å². The minimum Gasteiger partial charge on any atom is -0.468 e. The number of hydrogen-bond donors (Lipinski definition) is 0. The largest absolute Gasteiger partial charge is 0.468 e. The van der Waals surface area contributed by atoms with Gasteiger partial charge in [0.15, 0.2) is 0 Å². The molecule has 3 heterocycles. The lowest BCUT2D eigenvalue weighted by Gasteiger charge is -2.22. The predicted molar refractivity (Wildman–Crippen MR) is 146 cm³/mol. The molecule has 11 heteroatoms. The summed E-state index contributed by atoms with van der Waals surface area (Å²) >= 11 is 8.85. The van der Waals surface area contributed by atoms with Crippen molar-refractivity contribution in [1.29, 1.82) is 5.26 Å². The van der Waals surface area contributed by atoms with Crippen molar-refractivity contribution >= 4 is 52.2 Å². The van der Waals surface area contributed by atoms with Crippen LogP contribution in [0.4, 0.5) is 11.5 Å². The Bertz CT molecular complexity index is 1510. The summed E-state index contributed by atoms with van der Waals surface area (Å²) in [5.41, 5.74) is 3.27. The van der Waals surface area contributed by atoms with E-state index in [4.69, 9.17) is 27.9 Å². The predicted octanol–water partition coefficient (Wildman–Crippen LogP) is 6.24. The van der Waals surface area contributed by atoms with Crippen molar-refractivity contribution in [2.45, 2.75) is 10.8 Å². The van der Waals surface area contributed by atoms with E-state index in [0.717, 1.165) is 16.3 Å². The summed E-state index contributed by atoms with van der Waals surface area (Å²) in [5.74, 6) is 0.260. The molecule has 0 spiro atoms. The lowest BCUT2D eigenvalue weighted by molar-refractivity contribution is -0.138. The fourth-order valence-electron chi connectivity index (χ4n) is 3.49. The van der Waals surface area contributed by atoms with Gasteiger partial charge in [-0.2, -0.15) is 5.26 Å². The van der Waals surface area contributed by atoms with Gasteiger partial charge in [0, 0.05) is 46.7 Å². The number of halogens is 1. The fourth-order valence-corrected chi connectivity index (χ4v) is 5.42. The molecule has 8 nitrogen and oxygen atoms in total. The lowest BCUT2D eigenvalue weighted by Crippen LogP contribution is -2.27. The second-order valence-corrected chi connectivity index (χ2v) is 9.93. The van der Waals surface area contributed by atoms with Gasteiger partial charge in [0.2, 0.25) is 5.69 Å². The highest BCUT2D eigenvalue weighted by Gasteiger charge is 2.25. The molecule has 0 atom stereocenters. The molecule has 0 aliphatic rings. The molecular formula is C26H19ClN6O2S2. The van der Waals surface area contributed by atoms with Crippen LogP contribution >= 0.6 is 34.7 Å². The maximum Gasteiger partial charge on any atom is 0.325 e. The third-order valence-electron chi connectivity index (χ3n) is 5.25. The van der Waals surface area contributed by atoms with Crippen molar-refractivity contribution < 1.29 is 9.53 Å². The first-order chi connectivity index (χ1) is 17.9. The molecule has 0 radical (unpaired) electrons. The highest BCUT2D eigenvalue weighted by Crippen LogP contribution is 2.43. The van der Waals surface area contributed by atoms with Crippen LogP contribution < -0.4 is 4.90 Å². The van der Waals surface area contributed by atoms with Gasteiger partial charge in [-0.1, -0.05) is 41.6 Å². The Labute approximate surface area is 227 Å². The molecule has 0 N–H and O–H groups in total. The van der Waals surface area contributed by atoms with Crippen LogP contribution in [0.5, 0.6) is 0 Å². The van der Waals surface area contributed by atoms with Crippen molar-refractivity contribution in [3.05, 3.63) is 81.9 Å². The standard InChI is InChI=1S/C26H19ClN6O2S2/c1-29-23-22(17-5-4-10-30-12-17)20(11-28)26(32-24(23)33(2)13-21(34)35-3)37-15-19-14-36-25(31-19)16-6-8-18(27)9-7-16/h4-10,12,14H,13,15H2,2-3H3. The Morgan fingerprint density at radius 3 is 2.70 bits per heavy atom. The molecule has 0 unspecified atom stereocenters. The normalized spacial score (nSPS) is 10.4. The summed E-state index contributed by atoms with van der Waals surface area (Å²) in [6, 6.07) is 13.2. The van der Waals surface area contributed by atoms with Crippen LogP contribution in [-0.2, 0) is 15.3 Å². The number of carbonyl (C=O) groups is 1. The van der Waals surface area contributed by atoms with E-state index in [1.165, 1.54) is 30.2 Å². The van der Waals surface area contributed by atoms with Crippen LogP contribution in [0.1, 0.15) is 11.3 Å². The third-order valence-corrected chi connectivity index (χ3v) is 7.45. The van der Waals surface area contributed by atoms with Crippen LogP contribution in [0.25, 0.3) is 26.5 Å². The zero-order chi connectivity index (χ0) is 26.4. The van der Waals surface area contributed by atoms with E-state index in [1.54, 1.807) is 36.5 Å². The van der Waals surface area contributed by atoms with Gasteiger partial charge < -0.3 is 9.64 Å². The Morgan fingerprint density at radius 1 is 1.27 bits per heavy atom. The number of aromatic nitrogens is 3. The summed E-state index contributed by atoms with van der Waals surface area (Å²) in [7, 11) is 2.95. The van der Waals surface area contributed by atoms with Gasteiger partial charge >= 0.3 is 5.97 Å². The second kappa shape index (κ2) is 11.8. The SMILES string of the molecule is [C-]#[N+]c1c(N(C)CC(=O)OC)nc(SCc2csc(-c3ccc(Cl)cc3)n2)c(C#N)c1-c1cccnc1. The van der Waals surface area contributed by atoms with Crippen molar-refractivity contribution in [1.82, 2.24) is 15.0 Å². The van der Waals surface area contributed by atoms with Gasteiger partial charge in [0.25, 0.3) is 0 Å². The quantitative estimate of drug-likeness (QED) is 0.145. The maximum absolute atomic E-state index is 12.0. The molecule has 0 aliphatic carbocycles. The van der Waals surface area contributed by atoms with Gasteiger partial charge in [-0.05, 0) is 23.8 Å². The smallest absolute Gasteiger partial charge is 0.325 e. The summed E-state index contributed by atoms with van der Waals surface area (Å²) < 4.78 is 4.79. The topological polar surface area (TPSA) is 96.4 Å². The van der Waals surface area contributed by atoms with Crippen molar-refractivity contribution in [3.8, 4) is 27.8 Å². The average molecular weight is 547 g/mol. The van der Waals surface area contributed by atoms with Crippen molar-refractivity contribution in [2.75, 3.05) is 25.6 Å². The van der Waals surface area contributed by atoms with Crippen molar-refractivity contribution in [3.63, 3.8) is 0 Å². The highest BCUT2D eigenvalue weighted by molar-refractivity contribution is 7.98. The van der Waals surface area contributed by atoms with E-state index < -0.39 is 5.97 Å². The average Bonchev–Trinajstić information content (AvgIpc) is 3.40. The number of thioether (sulfide) groups is 1. The van der Waals surface area contributed by atoms with Crippen LogP contribution in [0, 0.1) is 17.9 Å². The minimum absolute atomic E-state index is 0.106. The van der Waals surface area contributed by atoms with Crippen LogP contribution in [-0.4, -0.2) is 41.6 Å². The number of thiazole rings is 1. The van der Waals surface area contributed by atoms with Crippen molar-refractivity contribution in [2.24, 2.45) is 0 Å². The summed E-state index contributed by atoms with van der Waals surface area (Å²) in [6.45, 7) is 7.75. The van der Waals surface area contributed by atoms with Gasteiger partial charge in [0.05, 0.1) is 24.9 Å². The minimum atomic E-state index is -0.473. The number of rotatable bonds is 8. The molecule has 1 aromatic carbocycles. The number of nitrogens with zero attached hydrogens (tertiary/aromatic N) is 6. The third kappa shape index (κ3) is 5.89. The van der Waals surface area contributed by atoms with Crippen LogP contribution in [0.15, 0.2) is 59.2 Å². The number of esters is 1.